The lowest BCUT2D eigenvalue weighted by molar-refractivity contribution is -0.117. The molecule has 146 valence electrons. The second kappa shape index (κ2) is 9.88. The Morgan fingerprint density at radius 3 is 2.56 bits per heavy atom. The summed E-state index contributed by atoms with van der Waals surface area (Å²) >= 11 is 0. The van der Waals surface area contributed by atoms with Gasteiger partial charge in [-0.1, -0.05) is 55.5 Å². The van der Waals surface area contributed by atoms with Crippen LogP contribution in [0, 0.1) is 12.8 Å². The molecule has 1 heterocycles. The van der Waals surface area contributed by atoms with Gasteiger partial charge in [0, 0.05) is 24.7 Å². The number of anilines is 1. The monoisotopic (exact) mass is 387 g/mol. The molecular formula is C22H30ClN3O. The van der Waals surface area contributed by atoms with Gasteiger partial charge >= 0.3 is 0 Å². The number of likely N-dealkylation sites (tertiary alicyclic amines) is 1. The third-order valence-electron chi connectivity index (χ3n) is 5.42. The van der Waals surface area contributed by atoms with Crippen molar-refractivity contribution in [3.63, 3.8) is 0 Å². The summed E-state index contributed by atoms with van der Waals surface area (Å²) in [5.74, 6) is 0.854. The normalized spacial score (nSPS) is 19.5. The lowest BCUT2D eigenvalue weighted by Crippen LogP contribution is -2.32. The van der Waals surface area contributed by atoms with Crippen LogP contribution in [0.3, 0.4) is 0 Å². The number of nitrogens with two attached hydrogens (primary N) is 1. The van der Waals surface area contributed by atoms with Gasteiger partial charge in [0.2, 0.25) is 5.91 Å². The van der Waals surface area contributed by atoms with Gasteiger partial charge in [0.25, 0.3) is 0 Å². The number of amides is 1. The van der Waals surface area contributed by atoms with Crippen LogP contribution in [0.5, 0.6) is 0 Å². The summed E-state index contributed by atoms with van der Waals surface area (Å²) in [6.45, 7) is 6.97. The summed E-state index contributed by atoms with van der Waals surface area (Å²) in [6, 6.07) is 16.7. The fourth-order valence-electron chi connectivity index (χ4n) is 3.99. The maximum Gasteiger partial charge on any atom is 0.238 e. The summed E-state index contributed by atoms with van der Waals surface area (Å²) in [5.41, 5.74) is 10.6. The van der Waals surface area contributed by atoms with Crippen molar-refractivity contribution in [2.24, 2.45) is 11.7 Å². The third kappa shape index (κ3) is 5.10. The standard InChI is InChI=1S/C22H29N3O.ClH/c1-3-17-11-7-8-16(2)22(17)24-21(26)15-25-13-19(12-23)20(14-25)18-9-5-4-6-10-18;/h4-11,19-20H,3,12-15,23H2,1-2H3,(H,24,26);1H/t19-,20+;/m1./s1. The number of benzene rings is 2. The first-order valence-corrected chi connectivity index (χ1v) is 9.48. The number of carbonyl (C=O) groups excluding carboxylic acids is 1. The first kappa shape index (κ1) is 21.4. The van der Waals surface area contributed by atoms with E-state index in [1.165, 1.54) is 11.1 Å². The maximum atomic E-state index is 12.6. The summed E-state index contributed by atoms with van der Waals surface area (Å²) in [6.07, 6.45) is 0.909. The molecule has 0 radical (unpaired) electrons. The van der Waals surface area contributed by atoms with E-state index in [2.05, 4.69) is 47.5 Å². The second-order valence-corrected chi connectivity index (χ2v) is 7.22. The van der Waals surface area contributed by atoms with Crippen molar-refractivity contribution in [1.82, 2.24) is 4.90 Å². The SMILES string of the molecule is CCc1cccc(C)c1NC(=O)CN1C[C@@H](CN)[C@H](c2ccccc2)C1.Cl. The molecule has 3 rings (SSSR count). The van der Waals surface area contributed by atoms with E-state index in [1.54, 1.807) is 0 Å². The molecule has 1 amide bonds. The fourth-order valence-corrected chi connectivity index (χ4v) is 3.99. The quantitative estimate of drug-likeness (QED) is 0.796. The highest BCUT2D eigenvalue weighted by atomic mass is 35.5. The van der Waals surface area contributed by atoms with Gasteiger partial charge in [-0.3, -0.25) is 9.69 Å². The molecule has 4 nitrogen and oxygen atoms in total. The highest BCUT2D eigenvalue weighted by molar-refractivity contribution is 5.93. The van der Waals surface area contributed by atoms with Gasteiger partial charge < -0.3 is 11.1 Å². The molecule has 27 heavy (non-hydrogen) atoms. The largest absolute Gasteiger partial charge is 0.330 e. The molecule has 1 aliphatic rings. The van der Waals surface area contributed by atoms with Crippen LogP contribution in [-0.2, 0) is 11.2 Å². The van der Waals surface area contributed by atoms with Crippen molar-refractivity contribution in [2.75, 3.05) is 31.5 Å². The summed E-state index contributed by atoms with van der Waals surface area (Å²) < 4.78 is 0. The van der Waals surface area contributed by atoms with Crippen LogP contribution in [0.4, 0.5) is 5.69 Å². The lowest BCUT2D eigenvalue weighted by atomic mass is 9.89. The molecule has 1 aliphatic heterocycles. The summed E-state index contributed by atoms with van der Waals surface area (Å²) in [5, 5.41) is 3.13. The van der Waals surface area contributed by atoms with Gasteiger partial charge in [0.1, 0.15) is 0 Å². The highest BCUT2D eigenvalue weighted by Crippen LogP contribution is 2.32. The van der Waals surface area contributed by atoms with E-state index in [1.807, 2.05) is 25.1 Å². The Hall–Kier alpha value is -1.88. The predicted octanol–water partition coefficient (Wildman–Crippen LogP) is 3.59. The predicted molar refractivity (Wildman–Crippen MR) is 115 cm³/mol. The summed E-state index contributed by atoms with van der Waals surface area (Å²) in [4.78, 5) is 14.9. The Balaban J connectivity index is 0.00000261. The molecule has 1 saturated heterocycles. The number of halogens is 1. The van der Waals surface area contributed by atoms with Crippen LogP contribution in [0.2, 0.25) is 0 Å². The van der Waals surface area contributed by atoms with Gasteiger partial charge in [-0.2, -0.15) is 0 Å². The minimum Gasteiger partial charge on any atom is -0.330 e. The van der Waals surface area contributed by atoms with Crippen LogP contribution < -0.4 is 11.1 Å². The van der Waals surface area contributed by atoms with Crippen LogP contribution in [0.15, 0.2) is 48.5 Å². The Morgan fingerprint density at radius 2 is 1.89 bits per heavy atom. The van der Waals surface area contributed by atoms with Gasteiger partial charge in [-0.15, -0.1) is 12.4 Å². The molecule has 0 aliphatic carbocycles. The second-order valence-electron chi connectivity index (χ2n) is 7.22. The Morgan fingerprint density at radius 1 is 1.15 bits per heavy atom. The number of aryl methyl sites for hydroxylation is 2. The van der Waals surface area contributed by atoms with Crippen molar-refractivity contribution in [3.05, 3.63) is 65.2 Å². The van der Waals surface area contributed by atoms with E-state index in [0.29, 0.717) is 24.9 Å². The molecule has 5 heteroatoms. The van der Waals surface area contributed by atoms with Gasteiger partial charge in [-0.25, -0.2) is 0 Å². The molecule has 0 saturated carbocycles. The number of nitrogens with zero attached hydrogens (tertiary/aromatic N) is 1. The smallest absolute Gasteiger partial charge is 0.238 e. The average Bonchev–Trinajstić information content (AvgIpc) is 3.06. The summed E-state index contributed by atoms with van der Waals surface area (Å²) in [7, 11) is 0. The molecule has 1 fully saturated rings. The van der Waals surface area contributed by atoms with E-state index in [-0.39, 0.29) is 18.3 Å². The van der Waals surface area contributed by atoms with Crippen molar-refractivity contribution < 1.29 is 4.79 Å². The van der Waals surface area contributed by atoms with E-state index < -0.39 is 0 Å². The van der Waals surface area contributed by atoms with Crippen LogP contribution in [0.1, 0.15) is 29.5 Å². The van der Waals surface area contributed by atoms with Crippen molar-refractivity contribution in [3.8, 4) is 0 Å². The Labute approximate surface area is 168 Å². The molecule has 0 bridgehead atoms. The molecule has 0 aromatic heterocycles. The van der Waals surface area contributed by atoms with Crippen molar-refractivity contribution in [1.29, 1.82) is 0 Å². The fraction of sp³-hybridized carbons (Fsp3) is 0.409. The number of rotatable bonds is 6. The van der Waals surface area contributed by atoms with Gasteiger partial charge in [-0.05, 0) is 42.5 Å². The number of nitrogens with one attached hydrogen (secondary N) is 1. The molecule has 2 aromatic rings. The first-order valence-electron chi connectivity index (χ1n) is 9.48. The maximum absolute atomic E-state index is 12.6. The number of hydrogen-bond acceptors (Lipinski definition) is 3. The molecule has 0 unspecified atom stereocenters. The zero-order valence-electron chi connectivity index (χ0n) is 16.2. The number of para-hydroxylation sites is 1. The van der Waals surface area contributed by atoms with E-state index in [9.17, 15) is 4.79 Å². The van der Waals surface area contributed by atoms with Gasteiger partial charge in [0.05, 0.1) is 6.54 Å². The van der Waals surface area contributed by atoms with Crippen LogP contribution in [-0.4, -0.2) is 37.0 Å². The van der Waals surface area contributed by atoms with Crippen LogP contribution >= 0.6 is 12.4 Å². The molecule has 2 aromatic carbocycles. The van der Waals surface area contributed by atoms with E-state index >= 15 is 0 Å². The molecule has 3 N–H and O–H groups in total. The molecule has 0 spiro atoms. The van der Waals surface area contributed by atoms with E-state index in [0.717, 1.165) is 30.8 Å². The zero-order valence-corrected chi connectivity index (χ0v) is 17.0. The third-order valence-corrected chi connectivity index (χ3v) is 5.42. The topological polar surface area (TPSA) is 58.4 Å². The number of carbonyl (C=O) groups is 1. The molecule has 2 atom stereocenters. The average molecular weight is 388 g/mol. The molecular weight excluding hydrogens is 358 g/mol. The lowest BCUT2D eigenvalue weighted by Gasteiger charge is -2.18. The minimum absolute atomic E-state index is 0. The Kier molecular flexibility index (Phi) is 7.84. The Bertz CT molecular complexity index is 750. The number of hydrogen-bond donors (Lipinski definition) is 2. The van der Waals surface area contributed by atoms with Gasteiger partial charge in [0.15, 0.2) is 0 Å². The van der Waals surface area contributed by atoms with Crippen molar-refractivity contribution in [2.45, 2.75) is 26.2 Å². The first-order chi connectivity index (χ1) is 12.6. The minimum atomic E-state index is 0. The zero-order chi connectivity index (χ0) is 18.5. The van der Waals surface area contributed by atoms with E-state index in [4.69, 9.17) is 5.73 Å². The van der Waals surface area contributed by atoms with Crippen molar-refractivity contribution >= 4 is 24.0 Å². The van der Waals surface area contributed by atoms with Crippen LogP contribution in [0.25, 0.3) is 0 Å². The highest BCUT2D eigenvalue weighted by Gasteiger charge is 2.33.